The van der Waals surface area contributed by atoms with Crippen molar-refractivity contribution in [2.75, 3.05) is 4.90 Å². The number of benzene rings is 7. The van der Waals surface area contributed by atoms with Crippen LogP contribution in [-0.4, -0.2) is 11.3 Å². The molecule has 3 nitrogen and oxygen atoms in total. The smallest absolute Gasteiger partial charge is 0.333 e. The third-order valence-electron chi connectivity index (χ3n) is 9.92. The van der Waals surface area contributed by atoms with Gasteiger partial charge in [0.15, 0.2) is 0 Å². The van der Waals surface area contributed by atoms with Crippen molar-refractivity contribution in [1.29, 1.82) is 0 Å². The molecule has 11 rings (SSSR count). The van der Waals surface area contributed by atoms with E-state index in [-0.39, 0.29) is 6.85 Å². The van der Waals surface area contributed by atoms with Crippen LogP contribution in [0.25, 0.3) is 65.6 Å². The van der Waals surface area contributed by atoms with E-state index < -0.39 is 0 Å². The Morgan fingerprint density at radius 2 is 1.32 bits per heavy atom. The summed E-state index contributed by atoms with van der Waals surface area (Å²) in [6.45, 7) is 0.0169. The average molecular weight is 558 g/mol. The zero-order valence-corrected chi connectivity index (χ0v) is 23.7. The van der Waals surface area contributed by atoms with Crippen LogP contribution in [0.3, 0.4) is 0 Å². The van der Waals surface area contributed by atoms with Crippen LogP contribution in [0.5, 0.6) is 0 Å². The predicted octanol–water partition coefficient (Wildman–Crippen LogP) is 9.26. The Morgan fingerprint density at radius 1 is 0.545 bits per heavy atom. The maximum atomic E-state index is 6.67. The first-order valence-electron chi connectivity index (χ1n) is 15.2. The molecule has 2 aromatic heterocycles. The molecule has 0 saturated carbocycles. The van der Waals surface area contributed by atoms with Gasteiger partial charge in [-0.1, -0.05) is 103 Å². The quantitative estimate of drug-likeness (QED) is 0.187. The summed E-state index contributed by atoms with van der Waals surface area (Å²) < 4.78 is 9.28. The predicted molar refractivity (Wildman–Crippen MR) is 185 cm³/mol. The van der Waals surface area contributed by atoms with E-state index in [1.165, 1.54) is 71.4 Å². The molecule has 202 valence electrons. The highest BCUT2D eigenvalue weighted by atomic mass is 16.3. The second-order valence-electron chi connectivity index (χ2n) is 12.1. The number of rotatable bonds is 1. The van der Waals surface area contributed by atoms with Gasteiger partial charge in [0.25, 0.3) is 0 Å². The second kappa shape index (κ2) is 8.00. The van der Waals surface area contributed by atoms with Crippen molar-refractivity contribution < 1.29 is 4.42 Å². The van der Waals surface area contributed by atoms with Crippen LogP contribution in [-0.2, 0) is 0 Å². The van der Waals surface area contributed by atoms with E-state index in [0.717, 1.165) is 22.2 Å². The molecule has 0 amide bonds. The standard InChI is InChI=1S/C40H23BN2O/c1-2-11-25-22-26(21-20-24(25)10-1)42-33-18-7-5-16-31(33)41-39-34(42)23-36-37(29-13-4-8-19-35(29)44-36)38(39)30-15-9-14-28-27-12-3-6-17-32(27)43(41)40(28)30/h1-23H. The lowest BCUT2D eigenvalue weighted by Gasteiger charge is -2.40. The summed E-state index contributed by atoms with van der Waals surface area (Å²) in [5.41, 5.74) is 13.1. The lowest BCUT2D eigenvalue weighted by molar-refractivity contribution is 0.669. The van der Waals surface area contributed by atoms with Crippen molar-refractivity contribution in [2.24, 2.45) is 0 Å². The van der Waals surface area contributed by atoms with E-state index in [2.05, 4.69) is 149 Å². The number of hydrogen-bond acceptors (Lipinski definition) is 2. The average Bonchev–Trinajstić information content (AvgIpc) is 3.62. The first kappa shape index (κ1) is 22.8. The van der Waals surface area contributed by atoms with Crippen molar-refractivity contribution >= 4 is 89.4 Å². The molecule has 0 radical (unpaired) electrons. The monoisotopic (exact) mass is 558 g/mol. The van der Waals surface area contributed by atoms with Crippen molar-refractivity contribution in [3.05, 3.63) is 140 Å². The number of fused-ring (bicyclic) bond motifs is 12. The van der Waals surface area contributed by atoms with Gasteiger partial charge in [-0.25, -0.2) is 0 Å². The lowest BCUT2D eigenvalue weighted by Crippen LogP contribution is -2.56. The van der Waals surface area contributed by atoms with E-state index in [4.69, 9.17) is 4.42 Å². The van der Waals surface area contributed by atoms with E-state index in [1.54, 1.807) is 0 Å². The van der Waals surface area contributed by atoms with Gasteiger partial charge in [-0.3, -0.25) is 0 Å². The van der Waals surface area contributed by atoms with Crippen molar-refractivity contribution in [3.8, 4) is 11.1 Å². The number of aromatic nitrogens is 1. The van der Waals surface area contributed by atoms with Crippen LogP contribution in [0.2, 0.25) is 0 Å². The normalized spacial score (nSPS) is 13.4. The number of para-hydroxylation sites is 4. The van der Waals surface area contributed by atoms with Crippen LogP contribution < -0.4 is 15.8 Å². The Morgan fingerprint density at radius 3 is 2.27 bits per heavy atom. The van der Waals surface area contributed by atoms with Gasteiger partial charge in [0.1, 0.15) is 11.2 Å². The largest absolute Gasteiger partial charge is 0.456 e. The Balaban J connectivity index is 1.37. The molecule has 0 spiro atoms. The fourth-order valence-electron chi connectivity index (χ4n) is 8.22. The SMILES string of the molecule is c1ccc2c(c1)B1c3c(cc4oc5ccccc5c4c3-c3cccc4c5ccccc5n1c34)N2c1ccc2ccccc2c1. The number of nitrogens with zero attached hydrogens (tertiary/aromatic N) is 2. The summed E-state index contributed by atoms with van der Waals surface area (Å²) in [6.07, 6.45) is 0. The molecular formula is C40H23BN2O. The second-order valence-corrected chi connectivity index (χ2v) is 12.1. The summed E-state index contributed by atoms with van der Waals surface area (Å²) in [6, 6.07) is 50.9. The molecule has 4 heterocycles. The molecule has 0 N–H and O–H groups in total. The Labute approximate surface area is 253 Å². The zero-order chi connectivity index (χ0) is 28.5. The van der Waals surface area contributed by atoms with Crippen LogP contribution in [0.4, 0.5) is 17.1 Å². The molecule has 2 aliphatic rings. The molecule has 0 aliphatic carbocycles. The van der Waals surface area contributed by atoms with Gasteiger partial charge in [-0.05, 0) is 57.6 Å². The summed E-state index contributed by atoms with van der Waals surface area (Å²) >= 11 is 0. The molecule has 0 saturated heterocycles. The number of furan rings is 1. The van der Waals surface area contributed by atoms with Gasteiger partial charge in [-0.2, -0.15) is 0 Å². The van der Waals surface area contributed by atoms with E-state index in [0.29, 0.717) is 0 Å². The molecule has 0 fully saturated rings. The van der Waals surface area contributed by atoms with E-state index >= 15 is 0 Å². The lowest BCUT2D eigenvalue weighted by atomic mass is 9.45. The van der Waals surface area contributed by atoms with Gasteiger partial charge in [0.2, 0.25) is 0 Å². The van der Waals surface area contributed by atoms with Crippen LogP contribution in [0.1, 0.15) is 0 Å². The third-order valence-corrected chi connectivity index (χ3v) is 9.92. The van der Waals surface area contributed by atoms with Crippen molar-refractivity contribution in [2.45, 2.75) is 0 Å². The number of anilines is 3. The number of hydrogen-bond donors (Lipinski definition) is 0. The fraction of sp³-hybridized carbons (Fsp3) is 0. The molecule has 0 atom stereocenters. The van der Waals surface area contributed by atoms with E-state index in [1.807, 2.05) is 0 Å². The molecule has 9 aromatic rings. The van der Waals surface area contributed by atoms with Gasteiger partial charge in [0.05, 0.1) is 0 Å². The zero-order valence-electron chi connectivity index (χ0n) is 23.7. The molecule has 0 unspecified atom stereocenters. The minimum absolute atomic E-state index is 0.0169. The van der Waals surface area contributed by atoms with Crippen molar-refractivity contribution in [1.82, 2.24) is 4.48 Å². The van der Waals surface area contributed by atoms with E-state index in [9.17, 15) is 0 Å². The van der Waals surface area contributed by atoms with Gasteiger partial charge in [-0.15, -0.1) is 0 Å². The van der Waals surface area contributed by atoms with Crippen molar-refractivity contribution in [3.63, 3.8) is 0 Å². The minimum Gasteiger partial charge on any atom is -0.456 e. The maximum Gasteiger partial charge on any atom is 0.333 e. The topological polar surface area (TPSA) is 21.3 Å². The molecule has 0 bridgehead atoms. The van der Waals surface area contributed by atoms with Gasteiger partial charge >= 0.3 is 6.85 Å². The molecule has 7 aromatic carbocycles. The van der Waals surface area contributed by atoms with Gasteiger partial charge in [0, 0.05) is 61.3 Å². The molecule has 2 aliphatic heterocycles. The van der Waals surface area contributed by atoms with Gasteiger partial charge < -0.3 is 13.8 Å². The summed E-state index contributed by atoms with van der Waals surface area (Å²) in [7, 11) is 0. The summed E-state index contributed by atoms with van der Waals surface area (Å²) in [5, 5.41) is 7.42. The first-order valence-corrected chi connectivity index (χ1v) is 15.2. The Hall–Kier alpha value is -5.74. The minimum atomic E-state index is 0.0169. The molecule has 44 heavy (non-hydrogen) atoms. The highest BCUT2D eigenvalue weighted by molar-refractivity contribution is 6.90. The van der Waals surface area contributed by atoms with Crippen LogP contribution >= 0.6 is 0 Å². The highest BCUT2D eigenvalue weighted by Gasteiger charge is 2.43. The molecule has 4 heteroatoms. The Bertz CT molecular complexity index is 2700. The first-order chi connectivity index (χ1) is 21.8. The third kappa shape index (κ3) is 2.70. The van der Waals surface area contributed by atoms with Crippen LogP contribution in [0.15, 0.2) is 144 Å². The summed E-state index contributed by atoms with van der Waals surface area (Å²) in [5.74, 6) is 0. The Kier molecular flexibility index (Phi) is 4.15. The summed E-state index contributed by atoms with van der Waals surface area (Å²) in [4.78, 5) is 2.46. The maximum absolute atomic E-state index is 6.67. The highest BCUT2D eigenvalue weighted by Crippen LogP contribution is 2.49. The molecular weight excluding hydrogens is 535 g/mol. The fourth-order valence-corrected chi connectivity index (χ4v) is 8.22. The van der Waals surface area contributed by atoms with Crippen LogP contribution in [0, 0.1) is 0 Å².